The number of nitro benzene ring substituents is 1. The van der Waals surface area contributed by atoms with Crippen molar-refractivity contribution in [1.29, 1.82) is 0 Å². The molecule has 1 atom stereocenters. The fourth-order valence-corrected chi connectivity index (χ4v) is 2.31. The van der Waals surface area contributed by atoms with Gasteiger partial charge in [0, 0.05) is 18.2 Å². The molecule has 1 amide bonds. The first-order valence-electron chi connectivity index (χ1n) is 7.05. The molecule has 124 valence electrons. The SMILES string of the molecule is CC(NC(=O)/C=C/c1ccc([N+](=O)[O-])cc1)c1ccc(Cl)c(Cl)c1. The van der Waals surface area contributed by atoms with Gasteiger partial charge in [0.15, 0.2) is 0 Å². The van der Waals surface area contributed by atoms with Crippen molar-refractivity contribution in [3.05, 3.63) is 79.8 Å². The minimum atomic E-state index is -0.473. The minimum Gasteiger partial charge on any atom is -0.346 e. The molecule has 0 saturated heterocycles. The van der Waals surface area contributed by atoms with Crippen LogP contribution in [-0.4, -0.2) is 10.8 Å². The lowest BCUT2D eigenvalue weighted by atomic mass is 10.1. The molecule has 2 aromatic rings. The average Bonchev–Trinajstić information content (AvgIpc) is 2.55. The lowest BCUT2D eigenvalue weighted by Gasteiger charge is -2.13. The lowest BCUT2D eigenvalue weighted by Crippen LogP contribution is -2.24. The summed E-state index contributed by atoms with van der Waals surface area (Å²) in [5.74, 6) is -0.285. The number of benzene rings is 2. The summed E-state index contributed by atoms with van der Waals surface area (Å²) in [6, 6.07) is 10.8. The summed E-state index contributed by atoms with van der Waals surface area (Å²) in [4.78, 5) is 22.1. The van der Waals surface area contributed by atoms with Gasteiger partial charge in [0.2, 0.25) is 5.91 Å². The summed E-state index contributed by atoms with van der Waals surface area (Å²) in [7, 11) is 0. The summed E-state index contributed by atoms with van der Waals surface area (Å²) in [5.41, 5.74) is 1.53. The van der Waals surface area contributed by atoms with Crippen LogP contribution in [0.15, 0.2) is 48.5 Å². The molecule has 0 heterocycles. The summed E-state index contributed by atoms with van der Waals surface area (Å²) < 4.78 is 0. The van der Waals surface area contributed by atoms with Crippen LogP contribution in [0.1, 0.15) is 24.1 Å². The second-order valence-corrected chi connectivity index (χ2v) is 5.90. The fraction of sp³-hybridized carbons (Fsp3) is 0.118. The maximum atomic E-state index is 12.0. The Labute approximate surface area is 149 Å². The van der Waals surface area contributed by atoms with Crippen molar-refractivity contribution < 1.29 is 9.72 Å². The molecule has 0 spiro atoms. The molecule has 0 aliphatic carbocycles. The Morgan fingerprint density at radius 1 is 1.17 bits per heavy atom. The third-order valence-corrected chi connectivity index (χ3v) is 4.07. The zero-order valence-electron chi connectivity index (χ0n) is 12.7. The summed E-state index contributed by atoms with van der Waals surface area (Å²) in [5, 5.41) is 14.3. The van der Waals surface area contributed by atoms with E-state index in [1.807, 2.05) is 6.92 Å². The van der Waals surface area contributed by atoms with Crippen LogP contribution in [0, 0.1) is 10.1 Å². The molecule has 2 rings (SSSR count). The van der Waals surface area contributed by atoms with Crippen LogP contribution in [0.25, 0.3) is 6.08 Å². The van der Waals surface area contributed by atoms with Gasteiger partial charge < -0.3 is 5.32 Å². The van der Waals surface area contributed by atoms with E-state index in [1.165, 1.54) is 18.2 Å². The number of halogens is 2. The number of carbonyl (C=O) groups is 1. The predicted octanol–water partition coefficient (Wildman–Crippen LogP) is 4.79. The number of nitrogens with one attached hydrogen (secondary N) is 1. The molecule has 0 radical (unpaired) electrons. The van der Waals surface area contributed by atoms with Crippen LogP contribution in [0.5, 0.6) is 0 Å². The smallest absolute Gasteiger partial charge is 0.269 e. The first kappa shape index (κ1) is 18.0. The van der Waals surface area contributed by atoms with E-state index in [1.54, 1.807) is 36.4 Å². The number of non-ortho nitro benzene ring substituents is 1. The summed E-state index contributed by atoms with van der Waals surface area (Å²) in [6.45, 7) is 1.83. The Bertz CT molecular complexity index is 789. The number of rotatable bonds is 5. The number of nitrogens with zero attached hydrogens (tertiary/aromatic N) is 1. The first-order valence-corrected chi connectivity index (χ1v) is 7.80. The third kappa shape index (κ3) is 4.81. The van der Waals surface area contributed by atoms with Crippen molar-refractivity contribution in [3.8, 4) is 0 Å². The van der Waals surface area contributed by atoms with Crippen molar-refractivity contribution in [2.24, 2.45) is 0 Å². The number of hydrogen-bond donors (Lipinski definition) is 1. The van der Waals surface area contributed by atoms with E-state index in [4.69, 9.17) is 23.2 Å². The highest BCUT2D eigenvalue weighted by Gasteiger charge is 2.09. The van der Waals surface area contributed by atoms with Crippen LogP contribution >= 0.6 is 23.2 Å². The van der Waals surface area contributed by atoms with E-state index in [9.17, 15) is 14.9 Å². The Kier molecular flexibility index (Phi) is 5.95. The highest BCUT2D eigenvalue weighted by molar-refractivity contribution is 6.42. The van der Waals surface area contributed by atoms with Crippen molar-refractivity contribution in [2.75, 3.05) is 0 Å². The van der Waals surface area contributed by atoms with Gasteiger partial charge in [0.05, 0.1) is 21.0 Å². The van der Waals surface area contributed by atoms with Gasteiger partial charge in [0.25, 0.3) is 5.69 Å². The van der Waals surface area contributed by atoms with Gasteiger partial charge in [-0.3, -0.25) is 14.9 Å². The van der Waals surface area contributed by atoms with Crippen LogP contribution in [-0.2, 0) is 4.79 Å². The standard InChI is InChI=1S/C17H14Cl2N2O3/c1-11(13-5-8-15(18)16(19)10-13)20-17(22)9-4-12-2-6-14(7-3-12)21(23)24/h2-11H,1H3,(H,20,22)/b9-4+. The Balaban J connectivity index is 1.98. The van der Waals surface area contributed by atoms with E-state index >= 15 is 0 Å². The number of hydrogen-bond acceptors (Lipinski definition) is 3. The van der Waals surface area contributed by atoms with Gasteiger partial charge >= 0.3 is 0 Å². The van der Waals surface area contributed by atoms with Crippen LogP contribution < -0.4 is 5.32 Å². The molecule has 1 unspecified atom stereocenters. The molecule has 1 N–H and O–H groups in total. The summed E-state index contributed by atoms with van der Waals surface area (Å²) in [6.07, 6.45) is 2.95. The quantitative estimate of drug-likeness (QED) is 0.470. The summed E-state index contributed by atoms with van der Waals surface area (Å²) >= 11 is 11.8. The molecule has 0 aromatic heterocycles. The van der Waals surface area contributed by atoms with Gasteiger partial charge in [-0.25, -0.2) is 0 Å². The number of amides is 1. The van der Waals surface area contributed by atoms with Crippen LogP contribution in [0.3, 0.4) is 0 Å². The van der Waals surface area contributed by atoms with Crippen molar-refractivity contribution in [3.63, 3.8) is 0 Å². The molecule has 24 heavy (non-hydrogen) atoms. The van der Waals surface area contributed by atoms with Crippen molar-refractivity contribution in [2.45, 2.75) is 13.0 Å². The van der Waals surface area contributed by atoms with Gasteiger partial charge in [-0.15, -0.1) is 0 Å². The topological polar surface area (TPSA) is 72.2 Å². The molecule has 7 heteroatoms. The normalized spacial score (nSPS) is 12.1. The maximum absolute atomic E-state index is 12.0. The molecule has 0 fully saturated rings. The highest BCUT2D eigenvalue weighted by atomic mass is 35.5. The Hall–Kier alpha value is -2.37. The molecule has 0 aliphatic rings. The van der Waals surface area contributed by atoms with Crippen LogP contribution in [0.2, 0.25) is 10.0 Å². The van der Waals surface area contributed by atoms with Gasteiger partial charge in [-0.2, -0.15) is 0 Å². The largest absolute Gasteiger partial charge is 0.346 e. The molecular weight excluding hydrogens is 351 g/mol. The van der Waals surface area contributed by atoms with Gasteiger partial charge in [0.1, 0.15) is 0 Å². The highest BCUT2D eigenvalue weighted by Crippen LogP contribution is 2.25. The Morgan fingerprint density at radius 3 is 2.42 bits per heavy atom. The molecule has 0 bridgehead atoms. The predicted molar refractivity (Wildman–Crippen MR) is 95.2 cm³/mol. The second-order valence-electron chi connectivity index (χ2n) is 5.09. The number of carbonyl (C=O) groups excluding carboxylic acids is 1. The van der Waals surface area contributed by atoms with Gasteiger partial charge in [-0.1, -0.05) is 29.3 Å². The first-order chi connectivity index (χ1) is 11.4. The third-order valence-electron chi connectivity index (χ3n) is 3.33. The van der Waals surface area contributed by atoms with E-state index < -0.39 is 4.92 Å². The van der Waals surface area contributed by atoms with Crippen molar-refractivity contribution >= 4 is 40.9 Å². The molecule has 0 aliphatic heterocycles. The molecule has 0 saturated carbocycles. The van der Waals surface area contributed by atoms with Crippen LogP contribution in [0.4, 0.5) is 5.69 Å². The monoisotopic (exact) mass is 364 g/mol. The average molecular weight is 365 g/mol. The second kappa shape index (κ2) is 7.95. The van der Waals surface area contributed by atoms with E-state index in [0.29, 0.717) is 15.6 Å². The van der Waals surface area contributed by atoms with Gasteiger partial charge in [-0.05, 0) is 48.4 Å². The fourth-order valence-electron chi connectivity index (χ4n) is 2.01. The van der Waals surface area contributed by atoms with E-state index in [2.05, 4.69) is 5.32 Å². The Morgan fingerprint density at radius 2 is 1.83 bits per heavy atom. The van der Waals surface area contributed by atoms with E-state index in [-0.39, 0.29) is 17.6 Å². The maximum Gasteiger partial charge on any atom is 0.269 e. The van der Waals surface area contributed by atoms with Crippen molar-refractivity contribution in [1.82, 2.24) is 5.32 Å². The molecule has 5 nitrogen and oxygen atoms in total. The number of nitro groups is 1. The zero-order chi connectivity index (χ0) is 17.7. The minimum absolute atomic E-state index is 0.00448. The molecule has 2 aromatic carbocycles. The lowest BCUT2D eigenvalue weighted by molar-refractivity contribution is -0.384. The molecular formula is C17H14Cl2N2O3. The van der Waals surface area contributed by atoms with E-state index in [0.717, 1.165) is 5.56 Å². The zero-order valence-corrected chi connectivity index (χ0v) is 14.2.